The zero-order valence-electron chi connectivity index (χ0n) is 15.4. The first-order valence-corrected chi connectivity index (χ1v) is 9.23. The van der Waals surface area contributed by atoms with Crippen LogP contribution in [0.1, 0.15) is 29.5 Å². The molecule has 1 fully saturated rings. The van der Waals surface area contributed by atoms with E-state index >= 15 is 0 Å². The van der Waals surface area contributed by atoms with Crippen molar-refractivity contribution in [3.05, 3.63) is 71.3 Å². The van der Waals surface area contributed by atoms with Crippen molar-refractivity contribution in [1.29, 1.82) is 5.41 Å². The Morgan fingerprint density at radius 3 is 2.20 bits per heavy atom. The fraction of sp³-hybridized carbons (Fsp3) is 0.409. The van der Waals surface area contributed by atoms with Gasteiger partial charge in [0.1, 0.15) is 5.84 Å². The Bertz CT molecular complexity index is 668. The quantitative estimate of drug-likeness (QED) is 0.660. The zero-order chi connectivity index (χ0) is 17.6. The van der Waals surface area contributed by atoms with Crippen LogP contribution in [-0.4, -0.2) is 42.8 Å². The van der Waals surface area contributed by atoms with E-state index in [0.29, 0.717) is 5.84 Å². The molecule has 0 aromatic heterocycles. The van der Waals surface area contributed by atoms with E-state index in [1.165, 1.54) is 43.5 Å². The molecular formula is C22H29N3. The summed E-state index contributed by atoms with van der Waals surface area (Å²) in [4.78, 5) is 4.40. The van der Waals surface area contributed by atoms with Crippen molar-refractivity contribution in [2.24, 2.45) is 5.92 Å². The molecule has 0 bridgehead atoms. The molecule has 3 nitrogen and oxygen atoms in total. The average Bonchev–Trinajstić information content (AvgIpc) is 2.64. The summed E-state index contributed by atoms with van der Waals surface area (Å²) in [7, 11) is 3.83. The third kappa shape index (κ3) is 4.93. The van der Waals surface area contributed by atoms with Gasteiger partial charge in [0.2, 0.25) is 0 Å². The lowest BCUT2D eigenvalue weighted by atomic mass is 9.90. The number of nitrogens with one attached hydrogen (secondary N) is 1. The van der Waals surface area contributed by atoms with Crippen LogP contribution < -0.4 is 0 Å². The third-order valence-electron chi connectivity index (χ3n) is 5.16. The predicted molar refractivity (Wildman–Crippen MR) is 105 cm³/mol. The molecule has 0 saturated carbocycles. The molecule has 1 N–H and O–H groups in total. The molecule has 0 atom stereocenters. The first-order chi connectivity index (χ1) is 12.1. The third-order valence-corrected chi connectivity index (χ3v) is 5.16. The highest BCUT2D eigenvalue weighted by atomic mass is 15.1. The van der Waals surface area contributed by atoms with Crippen molar-refractivity contribution in [2.45, 2.75) is 25.8 Å². The SMILES string of the molecule is CN(C)C(=N)c1ccc(CN2CCC(Cc3ccccc3)CC2)cc1. The maximum Gasteiger partial charge on any atom is 0.127 e. The number of hydrogen-bond donors (Lipinski definition) is 1. The number of rotatable bonds is 5. The van der Waals surface area contributed by atoms with E-state index in [9.17, 15) is 0 Å². The Kier molecular flexibility index (Phi) is 5.87. The van der Waals surface area contributed by atoms with Gasteiger partial charge in [-0.2, -0.15) is 0 Å². The average molecular weight is 335 g/mol. The minimum absolute atomic E-state index is 0.563. The van der Waals surface area contributed by atoms with Crippen molar-refractivity contribution >= 4 is 5.84 Å². The topological polar surface area (TPSA) is 30.3 Å². The Balaban J connectivity index is 1.48. The van der Waals surface area contributed by atoms with Crippen LogP contribution >= 0.6 is 0 Å². The number of nitrogens with zero attached hydrogens (tertiary/aromatic N) is 2. The summed E-state index contributed by atoms with van der Waals surface area (Å²) in [6, 6.07) is 19.4. The van der Waals surface area contributed by atoms with E-state index in [2.05, 4.69) is 59.5 Å². The Morgan fingerprint density at radius 1 is 0.960 bits per heavy atom. The monoisotopic (exact) mass is 335 g/mol. The van der Waals surface area contributed by atoms with E-state index < -0.39 is 0 Å². The van der Waals surface area contributed by atoms with E-state index in [-0.39, 0.29) is 0 Å². The second-order valence-electron chi connectivity index (χ2n) is 7.35. The normalized spacial score (nSPS) is 15.9. The van der Waals surface area contributed by atoms with Crippen molar-refractivity contribution in [1.82, 2.24) is 9.80 Å². The molecule has 1 aliphatic rings. The van der Waals surface area contributed by atoms with Gasteiger partial charge in [0.05, 0.1) is 0 Å². The molecule has 1 aliphatic heterocycles. The lowest BCUT2D eigenvalue weighted by Gasteiger charge is -2.32. The molecule has 2 aromatic carbocycles. The lowest BCUT2D eigenvalue weighted by molar-refractivity contribution is 0.177. The summed E-state index contributed by atoms with van der Waals surface area (Å²) in [5.74, 6) is 1.38. The zero-order valence-corrected chi connectivity index (χ0v) is 15.4. The molecule has 3 heteroatoms. The molecule has 0 unspecified atom stereocenters. The minimum atomic E-state index is 0.563. The number of benzene rings is 2. The smallest absolute Gasteiger partial charge is 0.127 e. The minimum Gasteiger partial charge on any atom is -0.363 e. The van der Waals surface area contributed by atoms with Gasteiger partial charge in [0.15, 0.2) is 0 Å². The highest BCUT2D eigenvalue weighted by Gasteiger charge is 2.19. The van der Waals surface area contributed by atoms with Crippen LogP contribution in [0.15, 0.2) is 54.6 Å². The van der Waals surface area contributed by atoms with Crippen LogP contribution in [0.25, 0.3) is 0 Å². The highest BCUT2D eigenvalue weighted by molar-refractivity contribution is 5.95. The summed E-state index contributed by atoms with van der Waals surface area (Å²) in [5, 5.41) is 8.04. The first kappa shape index (κ1) is 17.7. The maximum absolute atomic E-state index is 8.04. The Morgan fingerprint density at radius 2 is 1.60 bits per heavy atom. The van der Waals surface area contributed by atoms with E-state index in [0.717, 1.165) is 18.0 Å². The van der Waals surface area contributed by atoms with Crippen LogP contribution in [0.5, 0.6) is 0 Å². The van der Waals surface area contributed by atoms with Gasteiger partial charge in [0.25, 0.3) is 0 Å². The molecule has 25 heavy (non-hydrogen) atoms. The lowest BCUT2D eigenvalue weighted by Crippen LogP contribution is -2.33. The molecule has 2 aromatic rings. The number of hydrogen-bond acceptors (Lipinski definition) is 2. The summed E-state index contributed by atoms with van der Waals surface area (Å²) < 4.78 is 0. The second kappa shape index (κ2) is 8.30. The van der Waals surface area contributed by atoms with E-state index in [1.807, 2.05) is 19.0 Å². The van der Waals surface area contributed by atoms with E-state index in [1.54, 1.807) is 0 Å². The highest BCUT2D eigenvalue weighted by Crippen LogP contribution is 2.23. The van der Waals surface area contributed by atoms with Gasteiger partial charge in [-0.15, -0.1) is 0 Å². The van der Waals surface area contributed by atoms with Gasteiger partial charge < -0.3 is 4.90 Å². The predicted octanol–water partition coefficient (Wildman–Crippen LogP) is 4.03. The Hall–Kier alpha value is -2.13. The maximum atomic E-state index is 8.04. The molecule has 0 radical (unpaired) electrons. The summed E-state index contributed by atoms with van der Waals surface area (Å²) >= 11 is 0. The molecule has 1 saturated heterocycles. The largest absolute Gasteiger partial charge is 0.363 e. The van der Waals surface area contributed by atoms with Crippen molar-refractivity contribution in [3.63, 3.8) is 0 Å². The molecule has 1 heterocycles. The molecule has 0 amide bonds. The van der Waals surface area contributed by atoms with Gasteiger partial charge in [-0.3, -0.25) is 10.3 Å². The van der Waals surface area contributed by atoms with Gasteiger partial charge >= 0.3 is 0 Å². The molecule has 0 aliphatic carbocycles. The van der Waals surface area contributed by atoms with Crippen LogP contribution in [-0.2, 0) is 13.0 Å². The fourth-order valence-electron chi connectivity index (χ4n) is 3.58. The van der Waals surface area contributed by atoms with Crippen LogP contribution in [0, 0.1) is 11.3 Å². The molecule has 3 rings (SSSR count). The summed E-state index contributed by atoms with van der Waals surface area (Å²) in [6.45, 7) is 3.40. The molecular weight excluding hydrogens is 306 g/mol. The summed E-state index contributed by atoms with van der Waals surface area (Å²) in [5.41, 5.74) is 3.80. The number of likely N-dealkylation sites (tertiary alicyclic amines) is 1. The number of piperidine rings is 1. The number of amidine groups is 1. The van der Waals surface area contributed by atoms with Crippen molar-refractivity contribution in [2.75, 3.05) is 27.2 Å². The Labute approximate surface area is 151 Å². The summed E-state index contributed by atoms with van der Waals surface area (Å²) in [6.07, 6.45) is 3.80. The molecule has 132 valence electrons. The van der Waals surface area contributed by atoms with Gasteiger partial charge in [-0.1, -0.05) is 54.6 Å². The van der Waals surface area contributed by atoms with Crippen LogP contribution in [0.4, 0.5) is 0 Å². The van der Waals surface area contributed by atoms with Crippen LogP contribution in [0.2, 0.25) is 0 Å². The standard InChI is InChI=1S/C22H29N3/c1-24(2)22(23)21-10-8-20(9-11-21)17-25-14-12-19(13-15-25)16-18-6-4-3-5-7-18/h3-11,19,23H,12-17H2,1-2H3. The molecule has 0 spiro atoms. The van der Waals surface area contributed by atoms with Gasteiger partial charge in [0, 0.05) is 26.2 Å². The van der Waals surface area contributed by atoms with E-state index in [4.69, 9.17) is 5.41 Å². The fourth-order valence-corrected chi connectivity index (χ4v) is 3.58. The second-order valence-corrected chi connectivity index (χ2v) is 7.35. The van der Waals surface area contributed by atoms with Gasteiger partial charge in [-0.25, -0.2) is 0 Å². The van der Waals surface area contributed by atoms with Crippen molar-refractivity contribution in [3.8, 4) is 0 Å². The first-order valence-electron chi connectivity index (χ1n) is 9.23. The van der Waals surface area contributed by atoms with Crippen molar-refractivity contribution < 1.29 is 0 Å². The van der Waals surface area contributed by atoms with Crippen LogP contribution in [0.3, 0.4) is 0 Å². The van der Waals surface area contributed by atoms with Gasteiger partial charge in [-0.05, 0) is 49.4 Å².